The van der Waals surface area contributed by atoms with Crippen LogP contribution >= 0.6 is 23.2 Å². The molecule has 0 aliphatic carbocycles. The molecule has 4 heterocycles. The molecular formula is C21H14Cl2N2O4. The normalized spacial score (nSPS) is 34.3. The smallest absolute Gasteiger partial charge is 0.240 e. The maximum absolute atomic E-state index is 13.2. The summed E-state index contributed by atoms with van der Waals surface area (Å²) in [5.41, 5.74) is 2.14. The van der Waals surface area contributed by atoms with Crippen LogP contribution in [-0.2, 0) is 19.2 Å². The summed E-state index contributed by atoms with van der Waals surface area (Å²) in [6, 6.07) is 14.0. The molecule has 0 radical (unpaired) electrons. The Morgan fingerprint density at radius 1 is 0.759 bits per heavy atom. The number of anilines is 1. The summed E-state index contributed by atoms with van der Waals surface area (Å²) in [5.74, 6) is -1.77. The van der Waals surface area contributed by atoms with Crippen LogP contribution in [0.5, 0.6) is 0 Å². The van der Waals surface area contributed by atoms with Crippen molar-refractivity contribution in [3.05, 3.63) is 64.1 Å². The fourth-order valence-corrected chi connectivity index (χ4v) is 5.31. The molecule has 0 aromatic heterocycles. The number of carbonyl (C=O) groups is 2. The molecule has 0 unspecified atom stereocenters. The second-order valence-corrected chi connectivity index (χ2v) is 8.56. The quantitative estimate of drug-likeness (QED) is 0.688. The number of nitrogens with zero attached hydrogens (tertiary/aromatic N) is 2. The highest BCUT2D eigenvalue weighted by Gasteiger charge is 2.72. The van der Waals surface area contributed by atoms with Crippen molar-refractivity contribution >= 4 is 46.4 Å². The molecule has 6 rings (SSSR count). The standard InChI is InChI=1S/C21H14Cl2N2O4/c22-10-3-1-9(2-4-10)16-15-17-13-14(18(28-17)19(15)29-24-16)21(27)25(20(13)26)12-7-5-11(23)6-8-12/h1-8,13-15,17-19H/t13-,14+,15-,17-,18+,19-/m1/s1. The van der Waals surface area contributed by atoms with Gasteiger partial charge >= 0.3 is 0 Å². The number of rotatable bonds is 2. The van der Waals surface area contributed by atoms with Crippen molar-refractivity contribution in [3.8, 4) is 0 Å². The topological polar surface area (TPSA) is 68.2 Å². The third kappa shape index (κ3) is 2.31. The molecule has 29 heavy (non-hydrogen) atoms. The van der Waals surface area contributed by atoms with E-state index in [1.54, 1.807) is 36.4 Å². The highest BCUT2D eigenvalue weighted by molar-refractivity contribution is 6.31. The van der Waals surface area contributed by atoms with E-state index < -0.39 is 24.0 Å². The Kier molecular flexibility index (Phi) is 3.64. The number of halogens is 2. The van der Waals surface area contributed by atoms with Gasteiger partial charge in [-0.3, -0.25) is 9.59 Å². The summed E-state index contributed by atoms with van der Waals surface area (Å²) in [7, 11) is 0. The number of carbonyl (C=O) groups excluding carboxylic acids is 2. The van der Waals surface area contributed by atoms with Crippen molar-refractivity contribution in [1.29, 1.82) is 0 Å². The van der Waals surface area contributed by atoms with Crippen molar-refractivity contribution in [2.24, 2.45) is 22.9 Å². The van der Waals surface area contributed by atoms with Gasteiger partial charge in [0.15, 0.2) is 6.10 Å². The molecule has 4 aliphatic rings. The molecule has 6 nitrogen and oxygen atoms in total. The van der Waals surface area contributed by atoms with Gasteiger partial charge in [-0.15, -0.1) is 0 Å². The van der Waals surface area contributed by atoms with Gasteiger partial charge in [0.25, 0.3) is 0 Å². The number of amides is 2. The number of fused-ring (bicyclic) bond motifs is 8. The minimum atomic E-state index is -0.552. The lowest BCUT2D eigenvalue weighted by Crippen LogP contribution is -2.45. The molecule has 3 fully saturated rings. The van der Waals surface area contributed by atoms with Gasteiger partial charge in [-0.2, -0.15) is 0 Å². The molecule has 3 saturated heterocycles. The highest BCUT2D eigenvalue weighted by Crippen LogP contribution is 2.55. The van der Waals surface area contributed by atoms with Crippen molar-refractivity contribution in [1.82, 2.24) is 0 Å². The minimum absolute atomic E-state index is 0.190. The highest BCUT2D eigenvalue weighted by atomic mass is 35.5. The lowest BCUT2D eigenvalue weighted by atomic mass is 9.71. The SMILES string of the molecule is O=C1[C@@H]2[C@@H]3O[C@@H]([C@H]4C(c5ccc(Cl)cc5)=NO[C@@H]34)[C@@H]2C(=O)N1c1ccc(Cl)cc1. The lowest BCUT2D eigenvalue weighted by Gasteiger charge is -2.26. The Balaban J connectivity index is 1.35. The van der Waals surface area contributed by atoms with Crippen LogP contribution in [0.2, 0.25) is 10.0 Å². The van der Waals surface area contributed by atoms with E-state index in [4.69, 9.17) is 32.8 Å². The van der Waals surface area contributed by atoms with Crippen LogP contribution in [-0.4, -0.2) is 35.8 Å². The molecule has 0 saturated carbocycles. The fraction of sp³-hybridized carbons (Fsp3) is 0.286. The van der Waals surface area contributed by atoms with Crippen LogP contribution in [0, 0.1) is 17.8 Å². The minimum Gasteiger partial charge on any atom is -0.389 e. The molecule has 0 N–H and O–H groups in total. The van der Waals surface area contributed by atoms with Gasteiger partial charge in [-0.05, 0) is 42.0 Å². The molecule has 6 atom stereocenters. The molecule has 0 spiro atoms. The van der Waals surface area contributed by atoms with Gasteiger partial charge in [0.2, 0.25) is 11.8 Å². The first-order valence-electron chi connectivity index (χ1n) is 9.33. The number of hydrogen-bond donors (Lipinski definition) is 0. The number of hydrogen-bond acceptors (Lipinski definition) is 5. The molecule has 8 heteroatoms. The van der Waals surface area contributed by atoms with Crippen LogP contribution in [0.15, 0.2) is 53.7 Å². The predicted molar refractivity (Wildman–Crippen MR) is 106 cm³/mol. The summed E-state index contributed by atoms with van der Waals surface area (Å²) >= 11 is 11.9. The molecule has 2 bridgehead atoms. The molecule has 2 amide bonds. The average molecular weight is 429 g/mol. The Labute approximate surface area is 176 Å². The second kappa shape index (κ2) is 6.05. The molecular weight excluding hydrogens is 415 g/mol. The van der Waals surface area contributed by atoms with Crippen molar-refractivity contribution in [2.75, 3.05) is 4.90 Å². The zero-order chi connectivity index (χ0) is 19.9. The fourth-order valence-electron chi connectivity index (χ4n) is 5.06. The number of benzene rings is 2. The summed E-state index contributed by atoms with van der Waals surface area (Å²) in [6.07, 6.45) is -1.30. The maximum atomic E-state index is 13.2. The largest absolute Gasteiger partial charge is 0.389 e. The van der Waals surface area contributed by atoms with Crippen LogP contribution in [0.1, 0.15) is 5.56 Å². The van der Waals surface area contributed by atoms with Crippen LogP contribution in [0.25, 0.3) is 0 Å². The first-order chi connectivity index (χ1) is 14.0. The van der Waals surface area contributed by atoms with E-state index in [1.165, 1.54) is 4.90 Å². The zero-order valence-corrected chi connectivity index (χ0v) is 16.4. The third-order valence-electron chi connectivity index (χ3n) is 6.27. The maximum Gasteiger partial charge on any atom is 0.240 e. The van der Waals surface area contributed by atoms with E-state index in [0.29, 0.717) is 15.7 Å². The average Bonchev–Trinajstić information content (AvgIpc) is 3.44. The van der Waals surface area contributed by atoms with Gasteiger partial charge in [0, 0.05) is 10.0 Å². The van der Waals surface area contributed by atoms with E-state index in [2.05, 4.69) is 5.16 Å². The Morgan fingerprint density at radius 3 is 2.00 bits per heavy atom. The first kappa shape index (κ1) is 17.4. The van der Waals surface area contributed by atoms with Crippen LogP contribution in [0.4, 0.5) is 5.69 Å². The van der Waals surface area contributed by atoms with Crippen LogP contribution in [0.3, 0.4) is 0 Å². The van der Waals surface area contributed by atoms with Crippen molar-refractivity contribution < 1.29 is 19.2 Å². The molecule has 2 aromatic rings. The number of ether oxygens (including phenoxy) is 1. The van der Waals surface area contributed by atoms with E-state index >= 15 is 0 Å². The van der Waals surface area contributed by atoms with Crippen molar-refractivity contribution in [3.63, 3.8) is 0 Å². The van der Waals surface area contributed by atoms with Gasteiger partial charge in [0.1, 0.15) is 6.10 Å². The Morgan fingerprint density at radius 2 is 1.34 bits per heavy atom. The van der Waals surface area contributed by atoms with Crippen molar-refractivity contribution in [2.45, 2.75) is 18.3 Å². The number of imide groups is 1. The van der Waals surface area contributed by atoms with Gasteiger partial charge in [-0.1, -0.05) is 40.5 Å². The molecule has 2 aromatic carbocycles. The Bertz CT molecular complexity index is 1070. The predicted octanol–water partition coefficient (Wildman–Crippen LogP) is 3.30. The molecule has 4 aliphatic heterocycles. The van der Waals surface area contributed by atoms with Gasteiger partial charge in [0.05, 0.1) is 35.3 Å². The van der Waals surface area contributed by atoms with Crippen LogP contribution < -0.4 is 4.90 Å². The van der Waals surface area contributed by atoms with E-state index in [1.807, 2.05) is 12.1 Å². The second-order valence-electron chi connectivity index (χ2n) is 7.68. The Hall–Kier alpha value is -2.41. The zero-order valence-electron chi connectivity index (χ0n) is 14.9. The van der Waals surface area contributed by atoms with E-state index in [9.17, 15) is 9.59 Å². The van der Waals surface area contributed by atoms with E-state index in [0.717, 1.165) is 11.3 Å². The first-order valence-corrected chi connectivity index (χ1v) is 10.1. The summed E-state index contributed by atoms with van der Waals surface area (Å²) in [5, 5.41) is 5.44. The summed E-state index contributed by atoms with van der Waals surface area (Å²) in [4.78, 5) is 33.3. The summed E-state index contributed by atoms with van der Waals surface area (Å²) < 4.78 is 6.10. The molecule has 146 valence electrons. The third-order valence-corrected chi connectivity index (χ3v) is 6.77. The lowest BCUT2D eigenvalue weighted by molar-refractivity contribution is -0.125. The van der Waals surface area contributed by atoms with Gasteiger partial charge in [-0.25, -0.2) is 4.90 Å². The monoisotopic (exact) mass is 428 g/mol. The number of oxime groups is 1. The van der Waals surface area contributed by atoms with Gasteiger partial charge < -0.3 is 9.57 Å². The van der Waals surface area contributed by atoms with E-state index in [-0.39, 0.29) is 23.8 Å². The summed E-state index contributed by atoms with van der Waals surface area (Å²) in [6.45, 7) is 0.